The molecule has 0 atom stereocenters. The molecule has 0 aliphatic carbocycles. The summed E-state index contributed by atoms with van der Waals surface area (Å²) in [5.41, 5.74) is 0.0980. The fraction of sp³-hybridized carbons (Fsp3) is 0.100. The van der Waals surface area contributed by atoms with E-state index in [-0.39, 0.29) is 17.1 Å². The topological polar surface area (TPSA) is 121 Å². The Kier molecular flexibility index (Phi) is 3.94. The first-order chi connectivity index (χ1) is 9.70. The Hall–Kier alpha value is -2.04. The lowest BCUT2D eigenvalue weighted by Gasteiger charge is -2.01. The first kappa shape index (κ1) is 15.4. The van der Waals surface area contributed by atoms with Crippen molar-refractivity contribution in [3.63, 3.8) is 0 Å². The Morgan fingerprint density at radius 2 is 2.14 bits per heavy atom. The summed E-state index contributed by atoms with van der Waals surface area (Å²) in [6.07, 6.45) is 0.869. The van der Waals surface area contributed by atoms with Gasteiger partial charge < -0.3 is 10.1 Å². The zero-order valence-electron chi connectivity index (χ0n) is 10.2. The number of hydrogen-bond donors (Lipinski definition) is 1. The zero-order valence-corrected chi connectivity index (χ0v) is 11.8. The van der Waals surface area contributed by atoms with Gasteiger partial charge >= 0.3 is 5.82 Å². The third kappa shape index (κ3) is 3.17. The van der Waals surface area contributed by atoms with Gasteiger partial charge in [-0.1, -0.05) is 23.7 Å². The third-order valence-electron chi connectivity index (χ3n) is 2.55. The molecule has 0 saturated carbocycles. The molecule has 2 aromatic rings. The minimum absolute atomic E-state index is 0.0980. The fourth-order valence-corrected chi connectivity index (χ4v) is 2.48. The van der Waals surface area contributed by atoms with Gasteiger partial charge in [0.15, 0.2) is 0 Å². The van der Waals surface area contributed by atoms with Crippen LogP contribution >= 0.6 is 11.6 Å². The van der Waals surface area contributed by atoms with Crippen LogP contribution in [0.2, 0.25) is 5.02 Å². The Labute approximate surface area is 123 Å². The van der Waals surface area contributed by atoms with Crippen molar-refractivity contribution in [1.29, 1.82) is 0 Å². The molecule has 112 valence electrons. The van der Waals surface area contributed by atoms with Gasteiger partial charge in [0.25, 0.3) is 0 Å². The Morgan fingerprint density at radius 1 is 1.48 bits per heavy atom. The Morgan fingerprint density at radius 3 is 2.67 bits per heavy atom. The van der Waals surface area contributed by atoms with E-state index in [1.165, 1.54) is 18.2 Å². The van der Waals surface area contributed by atoms with Gasteiger partial charge in [-0.15, -0.1) is 0 Å². The van der Waals surface area contributed by atoms with E-state index in [1.807, 2.05) is 0 Å². The molecule has 0 saturated heterocycles. The lowest BCUT2D eigenvalue weighted by atomic mass is 10.2. The summed E-state index contributed by atoms with van der Waals surface area (Å²) in [6, 6.07) is 4.21. The summed E-state index contributed by atoms with van der Waals surface area (Å²) in [5.74, 6) is -1.63. The van der Waals surface area contributed by atoms with Crippen LogP contribution in [0.15, 0.2) is 29.3 Å². The van der Waals surface area contributed by atoms with Crippen LogP contribution in [-0.4, -0.2) is 23.1 Å². The molecular weight excluding hydrogens is 327 g/mol. The van der Waals surface area contributed by atoms with Gasteiger partial charge in [-0.05, 0) is 11.0 Å². The Balaban J connectivity index is 2.47. The quantitative estimate of drug-likeness (QED) is 0.666. The van der Waals surface area contributed by atoms with E-state index in [1.54, 1.807) is 0 Å². The van der Waals surface area contributed by atoms with Gasteiger partial charge in [-0.25, -0.2) is 17.9 Å². The molecule has 0 radical (unpaired) electrons. The van der Waals surface area contributed by atoms with Gasteiger partial charge in [0, 0.05) is 5.56 Å². The van der Waals surface area contributed by atoms with E-state index in [2.05, 4.69) is 5.10 Å². The first-order valence-corrected chi connectivity index (χ1v) is 7.30. The zero-order chi connectivity index (χ0) is 15.8. The number of nitrogens with zero attached hydrogens (tertiary/aromatic N) is 3. The number of primary sulfonamides is 1. The molecule has 0 aliphatic rings. The maximum atomic E-state index is 13.7. The highest BCUT2D eigenvalue weighted by Crippen LogP contribution is 2.22. The fourth-order valence-electron chi connectivity index (χ4n) is 1.65. The highest BCUT2D eigenvalue weighted by Gasteiger charge is 2.29. The van der Waals surface area contributed by atoms with E-state index >= 15 is 0 Å². The summed E-state index contributed by atoms with van der Waals surface area (Å²) >= 11 is 5.61. The van der Waals surface area contributed by atoms with E-state index in [4.69, 9.17) is 16.7 Å². The number of hydrogen-bond acceptors (Lipinski definition) is 5. The Bertz CT molecular complexity index is 820. The van der Waals surface area contributed by atoms with E-state index < -0.39 is 31.5 Å². The normalized spacial score (nSPS) is 11.6. The summed E-state index contributed by atoms with van der Waals surface area (Å²) in [5, 5.41) is 19.0. The number of aromatic nitrogens is 2. The van der Waals surface area contributed by atoms with E-state index in [0.717, 1.165) is 10.9 Å². The molecule has 0 bridgehead atoms. The first-order valence-electron chi connectivity index (χ1n) is 5.37. The number of sulfonamides is 1. The maximum Gasteiger partial charge on any atom is 0.410 e. The van der Waals surface area contributed by atoms with Crippen LogP contribution in [0, 0.1) is 15.9 Å². The average molecular weight is 335 g/mol. The van der Waals surface area contributed by atoms with Gasteiger partial charge in [0.05, 0.1) is 22.9 Å². The molecule has 2 N–H and O–H groups in total. The third-order valence-corrected chi connectivity index (χ3v) is 3.75. The van der Waals surface area contributed by atoms with Crippen molar-refractivity contribution in [2.24, 2.45) is 5.14 Å². The molecule has 21 heavy (non-hydrogen) atoms. The molecule has 2 rings (SSSR count). The van der Waals surface area contributed by atoms with Crippen molar-refractivity contribution in [3.8, 4) is 0 Å². The second kappa shape index (κ2) is 5.39. The molecule has 0 fully saturated rings. The predicted molar refractivity (Wildman–Crippen MR) is 70.8 cm³/mol. The summed E-state index contributed by atoms with van der Waals surface area (Å²) < 4.78 is 37.2. The lowest BCUT2D eigenvalue weighted by Crippen LogP contribution is -2.13. The monoisotopic (exact) mass is 334 g/mol. The highest BCUT2D eigenvalue weighted by molar-refractivity contribution is 7.89. The molecule has 1 aromatic heterocycles. The van der Waals surface area contributed by atoms with E-state index in [0.29, 0.717) is 0 Å². The minimum Gasteiger partial charge on any atom is -0.358 e. The standard InChI is InChI=1S/C10H8ClFN4O4S/c11-7-3-1-2-6(9(7)12)4-15-5-8(21(13,19)20)10(14-15)16(17)18/h1-3,5H,4H2,(H2,13,19,20). The maximum absolute atomic E-state index is 13.7. The van der Waals surface area contributed by atoms with Crippen molar-refractivity contribution in [3.05, 3.63) is 50.9 Å². The molecule has 11 heteroatoms. The van der Waals surface area contributed by atoms with Crippen molar-refractivity contribution in [1.82, 2.24) is 9.78 Å². The minimum atomic E-state index is -4.31. The van der Waals surface area contributed by atoms with Crippen molar-refractivity contribution in [2.45, 2.75) is 11.4 Å². The summed E-state index contributed by atoms with van der Waals surface area (Å²) in [7, 11) is -4.31. The van der Waals surface area contributed by atoms with Crippen LogP contribution in [0.1, 0.15) is 5.56 Å². The molecule has 8 nitrogen and oxygen atoms in total. The largest absolute Gasteiger partial charge is 0.410 e. The van der Waals surface area contributed by atoms with Crippen molar-refractivity contribution >= 4 is 27.4 Å². The summed E-state index contributed by atoms with van der Waals surface area (Å²) in [6.45, 7) is -0.233. The van der Waals surface area contributed by atoms with Crippen LogP contribution < -0.4 is 5.14 Å². The average Bonchev–Trinajstić information content (AvgIpc) is 2.79. The molecule has 0 spiro atoms. The van der Waals surface area contributed by atoms with Crippen molar-refractivity contribution < 1.29 is 17.7 Å². The molecule has 0 aliphatic heterocycles. The second-order valence-corrected chi connectivity index (χ2v) is 5.97. The summed E-state index contributed by atoms with van der Waals surface area (Å²) in [4.78, 5) is 9.05. The molecular formula is C10H8ClFN4O4S. The van der Waals surface area contributed by atoms with Crippen LogP contribution in [0.5, 0.6) is 0 Å². The van der Waals surface area contributed by atoms with Crippen molar-refractivity contribution in [2.75, 3.05) is 0 Å². The SMILES string of the molecule is NS(=O)(=O)c1cn(Cc2cccc(Cl)c2F)nc1[N+](=O)[O-]. The lowest BCUT2D eigenvalue weighted by molar-refractivity contribution is -0.392. The van der Waals surface area contributed by atoms with Gasteiger partial charge in [-0.3, -0.25) is 0 Å². The number of halogens is 2. The smallest absolute Gasteiger partial charge is 0.358 e. The molecule has 0 amide bonds. The van der Waals surface area contributed by atoms with Gasteiger partial charge in [0.1, 0.15) is 5.82 Å². The van der Waals surface area contributed by atoms with Gasteiger partial charge in [-0.2, -0.15) is 4.68 Å². The predicted octanol–water partition coefficient (Wildman–Crippen LogP) is 1.28. The van der Waals surface area contributed by atoms with Crippen LogP contribution in [0.25, 0.3) is 0 Å². The number of benzene rings is 1. The molecule has 1 aromatic carbocycles. The molecule has 0 unspecified atom stereocenters. The van der Waals surface area contributed by atoms with Crippen LogP contribution in [0.3, 0.4) is 0 Å². The van der Waals surface area contributed by atoms with Crippen LogP contribution in [-0.2, 0) is 16.6 Å². The number of nitro groups is 1. The number of nitrogens with two attached hydrogens (primary N) is 1. The molecule has 1 heterocycles. The second-order valence-electron chi connectivity index (χ2n) is 4.03. The van der Waals surface area contributed by atoms with Gasteiger partial charge in [0.2, 0.25) is 14.9 Å². The highest BCUT2D eigenvalue weighted by atomic mass is 35.5. The van der Waals surface area contributed by atoms with E-state index in [9.17, 15) is 22.9 Å². The number of rotatable bonds is 4. The van der Waals surface area contributed by atoms with Crippen LogP contribution in [0.4, 0.5) is 10.2 Å².